The minimum absolute atomic E-state index is 0.456. The first-order chi connectivity index (χ1) is 10.3. The maximum Gasteiger partial charge on any atom is 0.226 e. The quantitative estimate of drug-likeness (QED) is 0.658. The molecule has 2 aromatic rings. The first kappa shape index (κ1) is 15.5. The van der Waals surface area contributed by atoms with Gasteiger partial charge in [0.25, 0.3) is 0 Å². The number of rotatable bonds is 9. The first-order valence-corrected chi connectivity index (χ1v) is 7.99. The Morgan fingerprint density at radius 3 is 2.71 bits per heavy atom. The van der Waals surface area contributed by atoms with Crippen LogP contribution in [0.3, 0.4) is 0 Å². The number of nitrogens with zero attached hydrogens (tertiary/aromatic N) is 3. The summed E-state index contributed by atoms with van der Waals surface area (Å²) in [6.45, 7) is 7.28. The summed E-state index contributed by atoms with van der Waals surface area (Å²) < 4.78 is 0. The number of hydrogen-bond acceptors (Lipinski definition) is 5. The molecule has 2 aromatic heterocycles. The summed E-state index contributed by atoms with van der Waals surface area (Å²) in [4.78, 5) is 9.02. The molecule has 0 radical (unpaired) electrons. The monoisotopic (exact) mass is 290 g/mol. The van der Waals surface area contributed by atoms with Crippen molar-refractivity contribution in [1.29, 1.82) is 0 Å². The zero-order valence-corrected chi connectivity index (χ0v) is 13.2. The van der Waals surface area contributed by atoms with Crippen LogP contribution in [0.5, 0.6) is 0 Å². The summed E-state index contributed by atoms with van der Waals surface area (Å²) in [5.41, 5.74) is 0.772. The van der Waals surface area contributed by atoms with Crippen molar-refractivity contribution in [3.8, 4) is 0 Å². The summed E-state index contributed by atoms with van der Waals surface area (Å²) >= 11 is 0. The van der Waals surface area contributed by atoms with Crippen molar-refractivity contribution in [2.45, 2.75) is 58.9 Å². The minimum atomic E-state index is 0.456. The van der Waals surface area contributed by atoms with Crippen molar-refractivity contribution in [2.24, 2.45) is 0 Å². The van der Waals surface area contributed by atoms with E-state index in [1.807, 2.05) is 6.92 Å². The van der Waals surface area contributed by atoms with E-state index in [9.17, 15) is 0 Å². The van der Waals surface area contributed by atoms with Crippen LogP contribution in [-0.4, -0.2) is 32.8 Å². The third-order valence-electron chi connectivity index (χ3n) is 3.53. The van der Waals surface area contributed by atoms with Crippen molar-refractivity contribution in [3.05, 3.63) is 6.20 Å². The fourth-order valence-electron chi connectivity index (χ4n) is 2.46. The highest BCUT2D eigenvalue weighted by atomic mass is 15.2. The Morgan fingerprint density at radius 1 is 1.14 bits per heavy atom. The Morgan fingerprint density at radius 2 is 2.00 bits per heavy atom. The molecule has 0 fully saturated rings. The van der Waals surface area contributed by atoms with Crippen molar-refractivity contribution < 1.29 is 0 Å². The Kier molecular flexibility index (Phi) is 5.78. The largest absolute Gasteiger partial charge is 0.367 e. The lowest BCUT2D eigenvalue weighted by Gasteiger charge is -2.19. The van der Waals surface area contributed by atoms with E-state index in [4.69, 9.17) is 0 Å². The third kappa shape index (κ3) is 4.06. The van der Waals surface area contributed by atoms with Gasteiger partial charge in [-0.1, -0.05) is 33.1 Å². The van der Waals surface area contributed by atoms with E-state index in [2.05, 4.69) is 44.6 Å². The van der Waals surface area contributed by atoms with Crippen LogP contribution in [0.25, 0.3) is 11.0 Å². The van der Waals surface area contributed by atoms with Crippen LogP contribution < -0.4 is 10.6 Å². The van der Waals surface area contributed by atoms with Gasteiger partial charge < -0.3 is 10.6 Å². The molecule has 1 unspecified atom stereocenters. The number of hydrogen-bond donors (Lipinski definition) is 3. The standard InChI is InChI=1S/C15H26N6/c1-4-7-9-11(8-5-2)18-13-12-10-17-21-14(12)20-15(19-13)16-6-3/h10-11H,4-9H2,1-3H3,(H3,16,17,18,19,20,21). The molecule has 0 bridgehead atoms. The van der Waals surface area contributed by atoms with Gasteiger partial charge >= 0.3 is 0 Å². The van der Waals surface area contributed by atoms with Gasteiger partial charge in [0.15, 0.2) is 5.65 Å². The van der Waals surface area contributed by atoms with Gasteiger partial charge in [-0.2, -0.15) is 15.1 Å². The zero-order chi connectivity index (χ0) is 15.1. The van der Waals surface area contributed by atoms with Gasteiger partial charge in [-0.25, -0.2) is 0 Å². The lowest BCUT2D eigenvalue weighted by Crippen LogP contribution is -2.20. The molecule has 0 saturated carbocycles. The number of aromatic nitrogens is 4. The Bertz CT molecular complexity index is 550. The number of fused-ring (bicyclic) bond motifs is 1. The molecule has 6 nitrogen and oxygen atoms in total. The van der Waals surface area contributed by atoms with Crippen LogP contribution in [-0.2, 0) is 0 Å². The molecule has 0 spiro atoms. The van der Waals surface area contributed by atoms with Crippen LogP contribution in [0, 0.1) is 0 Å². The number of aromatic amines is 1. The predicted molar refractivity (Wildman–Crippen MR) is 87.7 cm³/mol. The van der Waals surface area contributed by atoms with Gasteiger partial charge in [-0.05, 0) is 19.8 Å². The van der Waals surface area contributed by atoms with Gasteiger partial charge in [-0.3, -0.25) is 5.10 Å². The van der Waals surface area contributed by atoms with E-state index in [1.165, 1.54) is 25.7 Å². The summed E-state index contributed by atoms with van der Waals surface area (Å²) in [7, 11) is 0. The number of anilines is 2. The normalized spacial score (nSPS) is 12.5. The predicted octanol–water partition coefficient (Wildman–Crippen LogP) is 3.56. The highest BCUT2D eigenvalue weighted by Crippen LogP contribution is 2.22. The molecule has 2 rings (SSSR count). The van der Waals surface area contributed by atoms with Crippen LogP contribution in [0.4, 0.5) is 11.8 Å². The Hall–Kier alpha value is -1.85. The fourth-order valence-corrected chi connectivity index (χ4v) is 2.46. The van der Waals surface area contributed by atoms with Crippen LogP contribution in [0.1, 0.15) is 52.9 Å². The summed E-state index contributed by atoms with van der Waals surface area (Å²) in [6.07, 6.45) is 7.73. The third-order valence-corrected chi connectivity index (χ3v) is 3.53. The second-order valence-electron chi connectivity index (χ2n) is 5.33. The lowest BCUT2D eigenvalue weighted by atomic mass is 10.1. The maximum atomic E-state index is 4.60. The van der Waals surface area contributed by atoms with Crippen molar-refractivity contribution in [2.75, 3.05) is 17.2 Å². The van der Waals surface area contributed by atoms with E-state index in [0.29, 0.717) is 12.0 Å². The number of H-pyrrole nitrogens is 1. The van der Waals surface area contributed by atoms with Gasteiger partial charge in [-0.15, -0.1) is 0 Å². The van der Waals surface area contributed by atoms with Crippen molar-refractivity contribution in [3.63, 3.8) is 0 Å². The molecule has 0 aromatic carbocycles. The van der Waals surface area contributed by atoms with E-state index in [1.54, 1.807) is 6.20 Å². The molecule has 0 saturated heterocycles. The van der Waals surface area contributed by atoms with Crippen LogP contribution in [0.2, 0.25) is 0 Å². The molecule has 1 atom stereocenters. The molecule has 21 heavy (non-hydrogen) atoms. The molecular formula is C15H26N6. The summed E-state index contributed by atoms with van der Waals surface area (Å²) in [5.74, 6) is 1.52. The molecular weight excluding hydrogens is 264 g/mol. The Labute approximate surface area is 126 Å². The van der Waals surface area contributed by atoms with Gasteiger partial charge in [0.1, 0.15) is 5.82 Å². The molecule has 6 heteroatoms. The Balaban J connectivity index is 2.23. The molecule has 116 valence electrons. The second kappa shape index (κ2) is 7.81. The summed E-state index contributed by atoms with van der Waals surface area (Å²) in [6, 6.07) is 0.456. The van der Waals surface area contributed by atoms with Gasteiger partial charge in [0, 0.05) is 12.6 Å². The van der Waals surface area contributed by atoms with Crippen LogP contribution in [0.15, 0.2) is 6.20 Å². The SMILES string of the molecule is CCCCC(CCC)Nc1nc(NCC)nc2[nH]ncc12. The van der Waals surface area contributed by atoms with E-state index < -0.39 is 0 Å². The first-order valence-electron chi connectivity index (χ1n) is 7.99. The van der Waals surface area contributed by atoms with Crippen molar-refractivity contribution >= 4 is 22.8 Å². The smallest absolute Gasteiger partial charge is 0.226 e. The molecule has 0 aliphatic rings. The average molecular weight is 290 g/mol. The zero-order valence-electron chi connectivity index (χ0n) is 13.2. The lowest BCUT2D eigenvalue weighted by molar-refractivity contribution is 0.563. The summed E-state index contributed by atoms with van der Waals surface area (Å²) in [5, 5.41) is 14.7. The molecule has 0 aliphatic carbocycles. The number of unbranched alkanes of at least 4 members (excludes halogenated alkanes) is 1. The van der Waals surface area contributed by atoms with Crippen LogP contribution >= 0.6 is 0 Å². The van der Waals surface area contributed by atoms with E-state index in [0.717, 1.165) is 29.8 Å². The van der Waals surface area contributed by atoms with E-state index >= 15 is 0 Å². The average Bonchev–Trinajstić information content (AvgIpc) is 2.94. The molecule has 3 N–H and O–H groups in total. The fraction of sp³-hybridized carbons (Fsp3) is 0.667. The maximum absolute atomic E-state index is 4.60. The highest BCUT2D eigenvalue weighted by Gasteiger charge is 2.13. The minimum Gasteiger partial charge on any atom is -0.367 e. The van der Waals surface area contributed by atoms with E-state index in [-0.39, 0.29) is 0 Å². The van der Waals surface area contributed by atoms with Gasteiger partial charge in [0.2, 0.25) is 5.95 Å². The molecule has 0 aliphatic heterocycles. The second-order valence-corrected chi connectivity index (χ2v) is 5.33. The number of nitrogens with one attached hydrogen (secondary N) is 3. The molecule has 2 heterocycles. The molecule has 0 amide bonds. The highest BCUT2D eigenvalue weighted by molar-refractivity contribution is 5.87. The van der Waals surface area contributed by atoms with Gasteiger partial charge in [0.05, 0.1) is 11.6 Å². The topological polar surface area (TPSA) is 78.5 Å². The van der Waals surface area contributed by atoms with Crippen molar-refractivity contribution in [1.82, 2.24) is 20.2 Å².